The maximum absolute atomic E-state index is 12.8. The standard InChI is InChI=1S/C16H16N2O3S/c1-3-13-17-9(2)14(22-13)15(19)18-8-11(16(20)21)10-6-4-5-7-12(10)18/h4-7,11H,3,8H2,1-2H3,(H,20,21). The number of hydrogen-bond acceptors (Lipinski definition) is 4. The number of nitrogens with zero attached hydrogens (tertiary/aromatic N) is 2. The fraction of sp³-hybridized carbons (Fsp3) is 0.312. The van der Waals surface area contributed by atoms with Gasteiger partial charge < -0.3 is 10.0 Å². The first-order valence-electron chi connectivity index (χ1n) is 7.12. The third kappa shape index (κ3) is 2.29. The molecule has 1 aromatic heterocycles. The molecule has 1 N–H and O–H groups in total. The van der Waals surface area contributed by atoms with Crippen LogP contribution in [-0.2, 0) is 11.2 Å². The number of amides is 1. The van der Waals surface area contributed by atoms with Crippen molar-refractivity contribution in [2.24, 2.45) is 0 Å². The molecule has 2 heterocycles. The lowest BCUT2D eigenvalue weighted by atomic mass is 10.0. The summed E-state index contributed by atoms with van der Waals surface area (Å²) in [6.07, 6.45) is 0.785. The van der Waals surface area contributed by atoms with Gasteiger partial charge in [-0.3, -0.25) is 9.59 Å². The Kier molecular flexibility index (Phi) is 3.70. The number of thiazole rings is 1. The summed E-state index contributed by atoms with van der Waals surface area (Å²) >= 11 is 1.39. The van der Waals surface area contributed by atoms with Gasteiger partial charge in [-0.1, -0.05) is 25.1 Å². The number of carbonyl (C=O) groups excluding carboxylic acids is 1. The molecule has 0 fully saturated rings. The Morgan fingerprint density at radius 2 is 2.14 bits per heavy atom. The quantitative estimate of drug-likeness (QED) is 0.945. The lowest BCUT2D eigenvalue weighted by Crippen LogP contribution is -2.31. The van der Waals surface area contributed by atoms with Gasteiger partial charge in [0.2, 0.25) is 0 Å². The summed E-state index contributed by atoms with van der Waals surface area (Å²) in [5.74, 6) is -1.73. The average Bonchev–Trinajstić information content (AvgIpc) is 3.07. The second kappa shape index (κ2) is 5.53. The average molecular weight is 316 g/mol. The van der Waals surface area contributed by atoms with E-state index < -0.39 is 11.9 Å². The Hall–Kier alpha value is -2.21. The maximum Gasteiger partial charge on any atom is 0.312 e. The number of aromatic nitrogens is 1. The summed E-state index contributed by atoms with van der Waals surface area (Å²) < 4.78 is 0. The fourth-order valence-electron chi connectivity index (χ4n) is 2.74. The second-order valence-electron chi connectivity index (χ2n) is 5.24. The predicted molar refractivity (Wildman–Crippen MR) is 84.7 cm³/mol. The predicted octanol–water partition coefficient (Wildman–Crippen LogP) is 2.84. The van der Waals surface area contributed by atoms with Gasteiger partial charge in [0.1, 0.15) is 10.8 Å². The van der Waals surface area contributed by atoms with Gasteiger partial charge in [-0.2, -0.15) is 0 Å². The molecule has 2 aromatic rings. The molecule has 1 atom stereocenters. The second-order valence-corrected chi connectivity index (χ2v) is 6.32. The van der Waals surface area contributed by atoms with Crippen LogP contribution in [0.15, 0.2) is 24.3 Å². The van der Waals surface area contributed by atoms with Gasteiger partial charge in [-0.15, -0.1) is 11.3 Å². The van der Waals surface area contributed by atoms with E-state index in [1.54, 1.807) is 23.1 Å². The Labute approximate surface area is 132 Å². The molecule has 0 saturated heterocycles. The van der Waals surface area contributed by atoms with E-state index in [1.165, 1.54) is 11.3 Å². The van der Waals surface area contributed by atoms with E-state index >= 15 is 0 Å². The molecule has 22 heavy (non-hydrogen) atoms. The zero-order valence-electron chi connectivity index (χ0n) is 12.4. The zero-order valence-corrected chi connectivity index (χ0v) is 13.2. The van der Waals surface area contributed by atoms with Crippen LogP contribution in [-0.4, -0.2) is 28.5 Å². The largest absolute Gasteiger partial charge is 0.481 e. The molecule has 3 rings (SSSR count). The lowest BCUT2D eigenvalue weighted by molar-refractivity contribution is -0.138. The van der Waals surface area contributed by atoms with Crippen LogP contribution in [0.1, 0.15) is 38.8 Å². The number of para-hydroxylation sites is 1. The molecule has 1 amide bonds. The minimum atomic E-state index is -0.905. The van der Waals surface area contributed by atoms with Crippen molar-refractivity contribution in [3.63, 3.8) is 0 Å². The molecule has 0 radical (unpaired) electrons. The summed E-state index contributed by atoms with van der Waals surface area (Å²) in [5.41, 5.74) is 2.09. The van der Waals surface area contributed by atoms with Gasteiger partial charge >= 0.3 is 5.97 Å². The van der Waals surface area contributed by atoms with E-state index in [0.717, 1.165) is 11.4 Å². The number of carbonyl (C=O) groups is 2. The van der Waals surface area contributed by atoms with Crippen molar-refractivity contribution in [1.29, 1.82) is 0 Å². The highest BCUT2D eigenvalue weighted by Gasteiger charge is 2.37. The molecule has 1 aliphatic rings. The molecule has 114 valence electrons. The van der Waals surface area contributed by atoms with E-state index in [2.05, 4.69) is 4.98 Å². The molecule has 0 bridgehead atoms. The summed E-state index contributed by atoms with van der Waals surface area (Å²) in [7, 11) is 0. The molecular weight excluding hydrogens is 300 g/mol. The number of carboxylic acid groups (broad SMARTS) is 1. The van der Waals surface area contributed by atoms with E-state index in [4.69, 9.17) is 0 Å². The van der Waals surface area contributed by atoms with Crippen LogP contribution in [0.5, 0.6) is 0 Å². The van der Waals surface area contributed by atoms with Gasteiger partial charge in [0, 0.05) is 12.2 Å². The smallest absolute Gasteiger partial charge is 0.312 e. The molecule has 1 unspecified atom stereocenters. The van der Waals surface area contributed by atoms with Gasteiger partial charge in [0.25, 0.3) is 5.91 Å². The van der Waals surface area contributed by atoms with Gasteiger partial charge in [-0.25, -0.2) is 4.98 Å². The Bertz CT molecular complexity index is 754. The molecule has 1 aromatic carbocycles. The SMILES string of the molecule is CCc1nc(C)c(C(=O)N2CC(C(=O)O)c3ccccc32)s1. The number of aryl methyl sites for hydroxylation is 2. The molecule has 6 heteroatoms. The van der Waals surface area contributed by atoms with Crippen molar-refractivity contribution in [3.05, 3.63) is 45.4 Å². The molecule has 5 nitrogen and oxygen atoms in total. The van der Waals surface area contributed by atoms with E-state index in [9.17, 15) is 14.7 Å². The lowest BCUT2D eigenvalue weighted by Gasteiger charge is -2.16. The van der Waals surface area contributed by atoms with Crippen LogP contribution in [0.3, 0.4) is 0 Å². The van der Waals surface area contributed by atoms with Crippen LogP contribution in [0.25, 0.3) is 0 Å². The number of anilines is 1. The minimum absolute atomic E-state index is 0.161. The molecular formula is C16H16N2O3S. The van der Waals surface area contributed by atoms with Gasteiger partial charge in [0.15, 0.2) is 0 Å². The highest BCUT2D eigenvalue weighted by atomic mass is 32.1. The molecule has 1 aliphatic heterocycles. The summed E-state index contributed by atoms with van der Waals surface area (Å²) in [6, 6.07) is 7.20. The van der Waals surface area contributed by atoms with Crippen molar-refractivity contribution >= 4 is 28.9 Å². The van der Waals surface area contributed by atoms with Crippen molar-refractivity contribution in [2.75, 3.05) is 11.4 Å². The first-order chi connectivity index (χ1) is 10.5. The van der Waals surface area contributed by atoms with E-state index in [0.29, 0.717) is 21.8 Å². The maximum atomic E-state index is 12.8. The van der Waals surface area contributed by atoms with Crippen molar-refractivity contribution < 1.29 is 14.7 Å². The summed E-state index contributed by atoms with van der Waals surface area (Å²) in [5, 5.41) is 10.3. The number of rotatable bonds is 3. The number of hydrogen-bond donors (Lipinski definition) is 1. The fourth-order valence-corrected chi connectivity index (χ4v) is 3.69. The molecule has 0 saturated carbocycles. The van der Waals surface area contributed by atoms with E-state index in [1.807, 2.05) is 19.9 Å². The Morgan fingerprint density at radius 3 is 2.77 bits per heavy atom. The number of fused-ring (bicyclic) bond motifs is 1. The highest BCUT2D eigenvalue weighted by molar-refractivity contribution is 7.13. The molecule has 0 spiro atoms. The highest BCUT2D eigenvalue weighted by Crippen LogP contribution is 2.37. The van der Waals surface area contributed by atoms with Crippen LogP contribution >= 0.6 is 11.3 Å². The van der Waals surface area contributed by atoms with Crippen molar-refractivity contribution in [1.82, 2.24) is 4.98 Å². The van der Waals surface area contributed by atoms with Crippen LogP contribution in [0.4, 0.5) is 5.69 Å². The third-order valence-corrected chi connectivity index (χ3v) is 5.14. The van der Waals surface area contributed by atoms with Crippen molar-refractivity contribution in [3.8, 4) is 0 Å². The van der Waals surface area contributed by atoms with Gasteiger partial charge in [-0.05, 0) is 25.0 Å². The van der Waals surface area contributed by atoms with Crippen LogP contribution in [0.2, 0.25) is 0 Å². The zero-order chi connectivity index (χ0) is 15.9. The van der Waals surface area contributed by atoms with E-state index in [-0.39, 0.29) is 12.5 Å². The van der Waals surface area contributed by atoms with Gasteiger partial charge in [0.05, 0.1) is 10.7 Å². The Balaban J connectivity index is 2.00. The van der Waals surface area contributed by atoms with Crippen LogP contribution < -0.4 is 4.90 Å². The number of aliphatic carboxylic acids is 1. The third-order valence-electron chi connectivity index (χ3n) is 3.85. The summed E-state index contributed by atoms with van der Waals surface area (Å²) in [4.78, 5) is 30.8. The Morgan fingerprint density at radius 1 is 1.41 bits per heavy atom. The van der Waals surface area contributed by atoms with Crippen molar-refractivity contribution in [2.45, 2.75) is 26.2 Å². The number of carboxylic acids is 1. The minimum Gasteiger partial charge on any atom is -0.481 e. The first-order valence-corrected chi connectivity index (χ1v) is 7.94. The monoisotopic (exact) mass is 316 g/mol. The first kappa shape index (κ1) is 14.7. The topological polar surface area (TPSA) is 70.5 Å². The summed E-state index contributed by atoms with van der Waals surface area (Å²) in [6.45, 7) is 3.99. The number of benzene rings is 1. The van der Waals surface area contributed by atoms with Crippen LogP contribution in [0, 0.1) is 6.92 Å². The normalized spacial score (nSPS) is 16.6. The molecule has 0 aliphatic carbocycles.